The van der Waals surface area contributed by atoms with Gasteiger partial charge in [-0.3, -0.25) is 0 Å². The first-order valence-corrected chi connectivity index (χ1v) is 4.99. The number of benzene rings is 1. The summed E-state index contributed by atoms with van der Waals surface area (Å²) in [6, 6.07) is 9.11. The maximum Gasteiger partial charge on any atom is 0.0558 e. The minimum absolute atomic E-state index is 0.557. The van der Waals surface area contributed by atoms with E-state index in [4.69, 9.17) is 0 Å². The number of hydrazine groups is 1. The van der Waals surface area contributed by atoms with E-state index in [1.165, 1.54) is 11.3 Å². The van der Waals surface area contributed by atoms with Gasteiger partial charge in [0.25, 0.3) is 0 Å². The van der Waals surface area contributed by atoms with Crippen LogP contribution in [-0.4, -0.2) is 11.6 Å². The number of hydrogen-bond donors (Lipinski definition) is 1. The summed E-state index contributed by atoms with van der Waals surface area (Å²) in [5.74, 6) is 0. The summed E-state index contributed by atoms with van der Waals surface area (Å²) in [5, 5.41) is 2.30. The Balaban J connectivity index is 2.34. The van der Waals surface area contributed by atoms with Crippen LogP contribution in [0.2, 0.25) is 0 Å². The predicted octanol–water partition coefficient (Wildman–Crippen LogP) is 2.80. The van der Waals surface area contributed by atoms with E-state index in [2.05, 4.69) is 48.5 Å². The largest absolute Gasteiger partial charge is 0.318 e. The molecule has 0 aromatic heterocycles. The Kier molecular flexibility index (Phi) is 2.23. The molecule has 2 heteroatoms. The van der Waals surface area contributed by atoms with Gasteiger partial charge in [0.05, 0.1) is 11.7 Å². The standard InChI is InChI=1S/C11H16N2/c1-3-11-9-7-5-6-8-10(9)12-13(11)4-2/h5-8,11-12H,3-4H2,1-2H3. The number of fused-ring (bicyclic) bond motifs is 1. The molecule has 1 unspecified atom stereocenters. The third-order valence-corrected chi connectivity index (χ3v) is 2.69. The van der Waals surface area contributed by atoms with Crippen molar-refractivity contribution in [2.75, 3.05) is 12.0 Å². The highest BCUT2D eigenvalue weighted by molar-refractivity contribution is 5.55. The zero-order chi connectivity index (χ0) is 9.26. The van der Waals surface area contributed by atoms with E-state index in [0.29, 0.717) is 6.04 Å². The van der Waals surface area contributed by atoms with Crippen LogP contribution in [0, 0.1) is 0 Å². The Labute approximate surface area is 79.5 Å². The Bertz CT molecular complexity index is 296. The first-order chi connectivity index (χ1) is 6.36. The quantitative estimate of drug-likeness (QED) is 0.745. The highest BCUT2D eigenvalue weighted by Crippen LogP contribution is 2.36. The molecule has 0 spiro atoms. The molecule has 13 heavy (non-hydrogen) atoms. The summed E-state index contributed by atoms with van der Waals surface area (Å²) in [7, 11) is 0. The number of nitrogens with one attached hydrogen (secondary N) is 1. The summed E-state index contributed by atoms with van der Waals surface area (Å²) in [4.78, 5) is 0. The lowest BCUT2D eigenvalue weighted by Gasteiger charge is -2.21. The van der Waals surface area contributed by atoms with E-state index < -0.39 is 0 Å². The van der Waals surface area contributed by atoms with Crippen molar-refractivity contribution >= 4 is 5.69 Å². The van der Waals surface area contributed by atoms with Crippen LogP contribution < -0.4 is 5.43 Å². The molecule has 1 heterocycles. The Hall–Kier alpha value is -1.02. The fourth-order valence-corrected chi connectivity index (χ4v) is 2.03. The lowest BCUT2D eigenvalue weighted by atomic mass is 10.0. The maximum atomic E-state index is 3.42. The van der Waals surface area contributed by atoms with Gasteiger partial charge in [-0.15, -0.1) is 0 Å². The molecule has 1 aliphatic heterocycles. The van der Waals surface area contributed by atoms with E-state index in [1.807, 2.05) is 0 Å². The van der Waals surface area contributed by atoms with Gasteiger partial charge in [-0.25, -0.2) is 5.01 Å². The second-order valence-electron chi connectivity index (χ2n) is 3.41. The third-order valence-electron chi connectivity index (χ3n) is 2.69. The highest BCUT2D eigenvalue weighted by Gasteiger charge is 2.26. The van der Waals surface area contributed by atoms with Crippen LogP contribution in [0.15, 0.2) is 24.3 Å². The minimum atomic E-state index is 0.557. The molecule has 1 atom stereocenters. The number of nitrogens with zero attached hydrogens (tertiary/aromatic N) is 1. The van der Waals surface area contributed by atoms with Gasteiger partial charge in [0.1, 0.15) is 0 Å². The van der Waals surface area contributed by atoms with Crippen LogP contribution in [0.3, 0.4) is 0 Å². The topological polar surface area (TPSA) is 15.3 Å². The summed E-state index contributed by atoms with van der Waals surface area (Å²) >= 11 is 0. The fraction of sp³-hybridized carbons (Fsp3) is 0.455. The molecule has 0 saturated heterocycles. The zero-order valence-electron chi connectivity index (χ0n) is 8.25. The van der Waals surface area contributed by atoms with Gasteiger partial charge in [-0.2, -0.15) is 0 Å². The molecule has 2 nitrogen and oxygen atoms in total. The van der Waals surface area contributed by atoms with E-state index in [1.54, 1.807) is 0 Å². The molecular weight excluding hydrogens is 160 g/mol. The van der Waals surface area contributed by atoms with Gasteiger partial charge >= 0.3 is 0 Å². The van der Waals surface area contributed by atoms with Gasteiger partial charge in [0, 0.05) is 6.54 Å². The van der Waals surface area contributed by atoms with Crippen LogP contribution >= 0.6 is 0 Å². The minimum Gasteiger partial charge on any atom is -0.318 e. The first-order valence-electron chi connectivity index (χ1n) is 4.99. The van der Waals surface area contributed by atoms with Crippen LogP contribution in [0.4, 0.5) is 5.69 Å². The zero-order valence-corrected chi connectivity index (χ0v) is 8.25. The van der Waals surface area contributed by atoms with Crippen molar-refractivity contribution < 1.29 is 0 Å². The van der Waals surface area contributed by atoms with Crippen molar-refractivity contribution in [2.24, 2.45) is 0 Å². The van der Waals surface area contributed by atoms with Crippen molar-refractivity contribution in [3.05, 3.63) is 29.8 Å². The highest BCUT2D eigenvalue weighted by atomic mass is 15.5. The number of hydrogen-bond acceptors (Lipinski definition) is 2. The first kappa shape index (κ1) is 8.57. The summed E-state index contributed by atoms with van der Waals surface area (Å²) in [6.45, 7) is 5.46. The summed E-state index contributed by atoms with van der Waals surface area (Å²) in [5.41, 5.74) is 6.13. The molecule has 1 aliphatic rings. The van der Waals surface area contributed by atoms with Crippen LogP contribution in [-0.2, 0) is 0 Å². The third kappa shape index (κ3) is 1.31. The van der Waals surface area contributed by atoms with Crippen LogP contribution in [0.5, 0.6) is 0 Å². The summed E-state index contributed by atoms with van der Waals surface area (Å²) < 4.78 is 0. The lowest BCUT2D eigenvalue weighted by Crippen LogP contribution is -2.27. The van der Waals surface area contributed by atoms with E-state index in [-0.39, 0.29) is 0 Å². The Morgan fingerprint density at radius 3 is 2.77 bits per heavy atom. The van der Waals surface area contributed by atoms with E-state index >= 15 is 0 Å². The van der Waals surface area contributed by atoms with Crippen LogP contribution in [0.1, 0.15) is 31.9 Å². The van der Waals surface area contributed by atoms with Gasteiger partial charge in [-0.1, -0.05) is 32.0 Å². The van der Waals surface area contributed by atoms with Crippen LogP contribution in [0.25, 0.3) is 0 Å². The predicted molar refractivity (Wildman–Crippen MR) is 55.5 cm³/mol. The molecule has 1 N–H and O–H groups in total. The molecule has 1 aromatic carbocycles. The summed E-state index contributed by atoms with van der Waals surface area (Å²) in [6.07, 6.45) is 1.16. The molecule has 0 bridgehead atoms. The average Bonchev–Trinajstić information content (AvgIpc) is 2.55. The maximum absolute atomic E-state index is 3.42. The SMILES string of the molecule is CCC1c2ccccc2NN1CC. The number of anilines is 1. The number of para-hydroxylation sites is 1. The second-order valence-corrected chi connectivity index (χ2v) is 3.41. The lowest BCUT2D eigenvalue weighted by molar-refractivity contribution is 0.269. The molecule has 70 valence electrons. The van der Waals surface area contributed by atoms with Crippen molar-refractivity contribution in [1.29, 1.82) is 0 Å². The second kappa shape index (κ2) is 3.38. The van der Waals surface area contributed by atoms with Crippen molar-refractivity contribution in [3.8, 4) is 0 Å². The molecular formula is C11H16N2. The molecule has 0 saturated carbocycles. The Morgan fingerprint density at radius 1 is 1.31 bits per heavy atom. The van der Waals surface area contributed by atoms with E-state index in [9.17, 15) is 0 Å². The molecule has 0 fully saturated rings. The normalized spacial score (nSPS) is 21.2. The Morgan fingerprint density at radius 2 is 2.08 bits per heavy atom. The molecule has 2 rings (SSSR count). The fourth-order valence-electron chi connectivity index (χ4n) is 2.03. The molecule has 0 amide bonds. The molecule has 0 radical (unpaired) electrons. The smallest absolute Gasteiger partial charge is 0.0558 e. The molecule has 0 aliphatic carbocycles. The van der Waals surface area contributed by atoms with E-state index in [0.717, 1.165) is 13.0 Å². The van der Waals surface area contributed by atoms with Crippen molar-refractivity contribution in [1.82, 2.24) is 5.01 Å². The average molecular weight is 176 g/mol. The van der Waals surface area contributed by atoms with Gasteiger partial charge in [-0.05, 0) is 18.1 Å². The van der Waals surface area contributed by atoms with Gasteiger partial charge in [0.2, 0.25) is 0 Å². The van der Waals surface area contributed by atoms with Gasteiger partial charge in [0.15, 0.2) is 0 Å². The monoisotopic (exact) mass is 176 g/mol. The van der Waals surface area contributed by atoms with Crippen molar-refractivity contribution in [3.63, 3.8) is 0 Å². The number of rotatable bonds is 2. The van der Waals surface area contributed by atoms with Crippen molar-refractivity contribution in [2.45, 2.75) is 26.3 Å². The molecule has 1 aromatic rings. The van der Waals surface area contributed by atoms with Gasteiger partial charge < -0.3 is 5.43 Å².